The molecule has 0 saturated heterocycles. The Hall–Kier alpha value is -1.79. The van der Waals surface area contributed by atoms with Crippen molar-refractivity contribution in [3.8, 4) is 0 Å². The molecule has 1 unspecified atom stereocenters. The molecular formula is C10H19N3O4. The number of urea groups is 1. The van der Waals surface area contributed by atoms with Gasteiger partial charge >= 0.3 is 12.0 Å². The van der Waals surface area contributed by atoms with Gasteiger partial charge < -0.3 is 20.6 Å². The number of likely N-dealkylation sites (N-methyl/N-ethyl adjacent to an activating group) is 2. The third-order valence-corrected chi connectivity index (χ3v) is 2.65. The molecule has 7 nitrogen and oxygen atoms in total. The highest BCUT2D eigenvalue weighted by molar-refractivity contribution is 5.89. The molecule has 3 amide bonds. The Morgan fingerprint density at radius 1 is 1.29 bits per heavy atom. The maximum absolute atomic E-state index is 11.7. The van der Waals surface area contributed by atoms with Gasteiger partial charge in [-0.3, -0.25) is 4.79 Å². The minimum Gasteiger partial charge on any atom is -0.480 e. The van der Waals surface area contributed by atoms with Gasteiger partial charge in [0.05, 0.1) is 0 Å². The van der Waals surface area contributed by atoms with Gasteiger partial charge in [0.2, 0.25) is 5.91 Å². The van der Waals surface area contributed by atoms with Crippen molar-refractivity contribution in [1.82, 2.24) is 15.5 Å². The van der Waals surface area contributed by atoms with Crippen LogP contribution < -0.4 is 10.6 Å². The number of hydrogen-bond acceptors (Lipinski definition) is 3. The second kappa shape index (κ2) is 5.51. The lowest BCUT2D eigenvalue weighted by molar-refractivity contribution is -0.146. The second-order valence-electron chi connectivity index (χ2n) is 4.21. The van der Waals surface area contributed by atoms with Crippen molar-refractivity contribution in [2.24, 2.45) is 0 Å². The van der Waals surface area contributed by atoms with Gasteiger partial charge in [0.15, 0.2) is 0 Å². The van der Waals surface area contributed by atoms with Crippen LogP contribution in [0.5, 0.6) is 0 Å². The summed E-state index contributed by atoms with van der Waals surface area (Å²) in [6.45, 7) is 4.32. The van der Waals surface area contributed by atoms with E-state index < -0.39 is 23.6 Å². The average molecular weight is 245 g/mol. The maximum atomic E-state index is 11.7. The topological polar surface area (TPSA) is 98.7 Å². The zero-order chi connectivity index (χ0) is 13.8. The van der Waals surface area contributed by atoms with Crippen LogP contribution in [-0.2, 0) is 9.59 Å². The predicted octanol–water partition coefficient (Wildman–Crippen LogP) is -0.374. The van der Waals surface area contributed by atoms with E-state index in [9.17, 15) is 14.4 Å². The highest BCUT2D eigenvalue weighted by Crippen LogP contribution is 2.12. The van der Waals surface area contributed by atoms with Crippen molar-refractivity contribution in [1.29, 1.82) is 0 Å². The molecule has 0 heterocycles. The Labute approximate surface area is 100 Å². The first-order chi connectivity index (χ1) is 7.64. The summed E-state index contributed by atoms with van der Waals surface area (Å²) in [6, 6.07) is -1.34. The Balaban J connectivity index is 4.63. The Morgan fingerprint density at radius 3 is 2.12 bits per heavy atom. The lowest BCUT2D eigenvalue weighted by atomic mass is 10.0. The van der Waals surface area contributed by atoms with Crippen molar-refractivity contribution in [2.45, 2.75) is 32.4 Å². The van der Waals surface area contributed by atoms with E-state index in [1.807, 2.05) is 0 Å². The van der Waals surface area contributed by atoms with E-state index in [2.05, 4.69) is 10.6 Å². The third-order valence-electron chi connectivity index (χ3n) is 2.65. The zero-order valence-electron chi connectivity index (χ0n) is 10.7. The number of amides is 3. The predicted molar refractivity (Wildman–Crippen MR) is 61.5 cm³/mol. The molecular weight excluding hydrogens is 226 g/mol. The molecule has 0 radical (unpaired) electrons. The molecule has 0 aromatic heterocycles. The SMILES string of the molecule is CNC(=O)C(C)NC(=O)N(C)C(C)(C)C(=O)O. The van der Waals surface area contributed by atoms with Crippen LogP contribution in [0.15, 0.2) is 0 Å². The summed E-state index contributed by atoms with van der Waals surface area (Å²) in [5.74, 6) is -1.47. The normalized spacial score (nSPS) is 12.5. The van der Waals surface area contributed by atoms with Crippen LogP contribution in [0.4, 0.5) is 4.79 Å². The van der Waals surface area contributed by atoms with Gasteiger partial charge in [-0.1, -0.05) is 0 Å². The van der Waals surface area contributed by atoms with Crippen molar-refractivity contribution in [3.05, 3.63) is 0 Å². The number of carboxylic acids is 1. The van der Waals surface area contributed by atoms with Crippen LogP contribution in [0, 0.1) is 0 Å². The lowest BCUT2D eigenvalue weighted by Gasteiger charge is -2.32. The van der Waals surface area contributed by atoms with Crippen LogP contribution in [0.2, 0.25) is 0 Å². The smallest absolute Gasteiger partial charge is 0.329 e. The molecule has 0 aromatic carbocycles. The third kappa shape index (κ3) is 3.61. The minimum atomic E-state index is -1.34. The number of nitrogens with one attached hydrogen (secondary N) is 2. The first-order valence-electron chi connectivity index (χ1n) is 5.14. The van der Waals surface area contributed by atoms with E-state index in [0.717, 1.165) is 4.90 Å². The van der Waals surface area contributed by atoms with Gasteiger partial charge in [-0.15, -0.1) is 0 Å². The Morgan fingerprint density at radius 2 is 1.76 bits per heavy atom. The average Bonchev–Trinajstić information content (AvgIpc) is 2.26. The summed E-state index contributed by atoms with van der Waals surface area (Å²) in [4.78, 5) is 34.9. The van der Waals surface area contributed by atoms with Crippen molar-refractivity contribution < 1.29 is 19.5 Å². The van der Waals surface area contributed by atoms with Gasteiger partial charge in [0.1, 0.15) is 11.6 Å². The fourth-order valence-electron chi connectivity index (χ4n) is 0.961. The number of rotatable bonds is 4. The first kappa shape index (κ1) is 15.2. The van der Waals surface area contributed by atoms with E-state index in [-0.39, 0.29) is 5.91 Å². The molecule has 0 aliphatic rings. The van der Waals surface area contributed by atoms with Crippen molar-refractivity contribution in [3.63, 3.8) is 0 Å². The number of hydrogen-bond donors (Lipinski definition) is 3. The lowest BCUT2D eigenvalue weighted by Crippen LogP contribution is -2.57. The summed E-state index contributed by atoms with van der Waals surface area (Å²) in [5, 5.41) is 13.7. The summed E-state index contributed by atoms with van der Waals surface area (Å²) in [6.07, 6.45) is 0. The van der Waals surface area contributed by atoms with Crippen LogP contribution in [0.25, 0.3) is 0 Å². The highest BCUT2D eigenvalue weighted by Gasteiger charge is 2.35. The fraction of sp³-hybridized carbons (Fsp3) is 0.700. The van der Waals surface area contributed by atoms with Gasteiger partial charge in [0, 0.05) is 14.1 Å². The molecule has 0 saturated carbocycles. The molecule has 0 fully saturated rings. The van der Waals surface area contributed by atoms with Crippen LogP contribution >= 0.6 is 0 Å². The number of carboxylic acid groups (broad SMARTS) is 1. The van der Waals surface area contributed by atoms with Gasteiger partial charge in [-0.25, -0.2) is 9.59 Å². The molecule has 0 rings (SSSR count). The number of nitrogens with zero attached hydrogens (tertiary/aromatic N) is 1. The number of aliphatic carboxylic acids is 1. The van der Waals surface area contributed by atoms with Crippen molar-refractivity contribution in [2.75, 3.05) is 14.1 Å². The van der Waals surface area contributed by atoms with Crippen LogP contribution in [0.3, 0.4) is 0 Å². The molecule has 17 heavy (non-hydrogen) atoms. The van der Waals surface area contributed by atoms with Gasteiger partial charge in [0.25, 0.3) is 0 Å². The number of carbonyl (C=O) groups is 3. The van der Waals surface area contributed by atoms with E-state index in [4.69, 9.17) is 5.11 Å². The Bertz CT molecular complexity index is 328. The monoisotopic (exact) mass is 245 g/mol. The molecule has 3 N–H and O–H groups in total. The van der Waals surface area contributed by atoms with Gasteiger partial charge in [-0.2, -0.15) is 0 Å². The fourth-order valence-corrected chi connectivity index (χ4v) is 0.961. The molecule has 0 aromatic rings. The first-order valence-corrected chi connectivity index (χ1v) is 5.14. The van der Waals surface area contributed by atoms with E-state index in [0.29, 0.717) is 0 Å². The quantitative estimate of drug-likeness (QED) is 0.629. The largest absolute Gasteiger partial charge is 0.480 e. The molecule has 0 aliphatic heterocycles. The second-order valence-corrected chi connectivity index (χ2v) is 4.21. The molecule has 0 bridgehead atoms. The molecule has 98 valence electrons. The van der Waals surface area contributed by atoms with Crippen LogP contribution in [0.1, 0.15) is 20.8 Å². The summed E-state index contributed by atoms with van der Waals surface area (Å²) in [7, 11) is 2.82. The standard InChI is InChI=1S/C10H19N3O4/c1-6(7(14)11-4)12-9(17)13(5)10(2,3)8(15)16/h6H,1-5H3,(H,11,14)(H,12,17)(H,15,16). The highest BCUT2D eigenvalue weighted by atomic mass is 16.4. The summed E-state index contributed by atoms with van der Waals surface area (Å²) < 4.78 is 0. The van der Waals surface area contributed by atoms with Crippen molar-refractivity contribution >= 4 is 17.9 Å². The van der Waals surface area contributed by atoms with E-state index in [1.165, 1.54) is 34.9 Å². The zero-order valence-corrected chi connectivity index (χ0v) is 10.7. The van der Waals surface area contributed by atoms with E-state index >= 15 is 0 Å². The maximum Gasteiger partial charge on any atom is 0.329 e. The van der Waals surface area contributed by atoms with E-state index in [1.54, 1.807) is 0 Å². The Kier molecular flexibility index (Phi) is 4.93. The molecule has 0 spiro atoms. The summed E-state index contributed by atoms with van der Waals surface area (Å²) >= 11 is 0. The van der Waals surface area contributed by atoms with Gasteiger partial charge in [-0.05, 0) is 20.8 Å². The summed E-state index contributed by atoms with van der Waals surface area (Å²) in [5.41, 5.74) is -1.34. The molecule has 1 atom stereocenters. The molecule has 0 aliphatic carbocycles. The molecule has 7 heteroatoms. The minimum absolute atomic E-state index is 0.347. The van der Waals surface area contributed by atoms with Crippen LogP contribution in [-0.4, -0.2) is 53.6 Å². The number of carbonyl (C=O) groups excluding carboxylic acids is 2.